The molecule has 0 N–H and O–H groups in total. The fraction of sp³-hybridized carbons (Fsp3) is 0.824. The summed E-state index contributed by atoms with van der Waals surface area (Å²) >= 11 is 0. The van der Waals surface area contributed by atoms with Crippen LogP contribution in [-0.2, 0) is 6.54 Å². The quantitative estimate of drug-likeness (QED) is 0.753. The summed E-state index contributed by atoms with van der Waals surface area (Å²) < 4.78 is 2.17. The van der Waals surface area contributed by atoms with Gasteiger partial charge in [-0.05, 0) is 52.5 Å². The number of hydrogen-bond acceptors (Lipinski definition) is 2. The van der Waals surface area contributed by atoms with E-state index in [4.69, 9.17) is 0 Å². The molecule has 20 heavy (non-hydrogen) atoms. The lowest BCUT2D eigenvalue weighted by Gasteiger charge is -2.34. The molecular weight excluding hydrogens is 246 g/mol. The van der Waals surface area contributed by atoms with Gasteiger partial charge in [0.15, 0.2) is 0 Å². The molecule has 1 aliphatic rings. The molecule has 1 aromatic rings. The van der Waals surface area contributed by atoms with Crippen LogP contribution >= 0.6 is 0 Å². The summed E-state index contributed by atoms with van der Waals surface area (Å²) in [5, 5.41) is 4.57. The van der Waals surface area contributed by atoms with E-state index in [1.807, 2.05) is 0 Å². The van der Waals surface area contributed by atoms with E-state index in [-0.39, 0.29) is 0 Å². The van der Waals surface area contributed by atoms with Crippen molar-refractivity contribution in [1.82, 2.24) is 14.7 Å². The highest BCUT2D eigenvalue weighted by molar-refractivity contribution is 5.06. The topological polar surface area (TPSA) is 21.1 Å². The molecule has 1 atom stereocenters. The Balaban J connectivity index is 1.86. The number of aromatic nitrogens is 2. The third-order valence-electron chi connectivity index (χ3n) is 4.84. The van der Waals surface area contributed by atoms with Crippen molar-refractivity contribution in [2.24, 2.45) is 0 Å². The van der Waals surface area contributed by atoms with Crippen molar-refractivity contribution >= 4 is 0 Å². The van der Waals surface area contributed by atoms with Crippen LogP contribution in [0.2, 0.25) is 0 Å². The van der Waals surface area contributed by atoms with Crippen molar-refractivity contribution in [2.75, 3.05) is 6.54 Å². The van der Waals surface area contributed by atoms with E-state index in [2.05, 4.69) is 48.4 Å². The minimum absolute atomic E-state index is 0.721. The molecule has 3 heteroatoms. The Kier molecular flexibility index (Phi) is 5.64. The average Bonchev–Trinajstić information content (AvgIpc) is 3.04. The van der Waals surface area contributed by atoms with Gasteiger partial charge in [-0.15, -0.1) is 0 Å². The molecule has 1 fully saturated rings. The predicted octanol–water partition coefficient (Wildman–Crippen LogP) is 3.93. The molecule has 0 spiro atoms. The number of nitrogens with zero attached hydrogens (tertiary/aromatic N) is 3. The first-order valence-corrected chi connectivity index (χ1v) is 8.38. The Morgan fingerprint density at radius 1 is 1.35 bits per heavy atom. The van der Waals surface area contributed by atoms with Gasteiger partial charge in [-0.25, -0.2) is 0 Å². The van der Waals surface area contributed by atoms with Gasteiger partial charge in [0.2, 0.25) is 0 Å². The maximum absolute atomic E-state index is 4.57. The van der Waals surface area contributed by atoms with E-state index in [9.17, 15) is 0 Å². The van der Waals surface area contributed by atoms with E-state index in [1.54, 1.807) is 0 Å². The second kappa shape index (κ2) is 7.26. The van der Waals surface area contributed by atoms with Gasteiger partial charge < -0.3 is 0 Å². The molecule has 0 bridgehead atoms. The highest BCUT2D eigenvalue weighted by Crippen LogP contribution is 2.26. The van der Waals surface area contributed by atoms with E-state index < -0.39 is 0 Å². The van der Waals surface area contributed by atoms with Gasteiger partial charge in [0.1, 0.15) is 0 Å². The van der Waals surface area contributed by atoms with Gasteiger partial charge in [0.25, 0.3) is 0 Å². The Hall–Kier alpha value is -0.830. The van der Waals surface area contributed by atoms with E-state index in [0.29, 0.717) is 0 Å². The van der Waals surface area contributed by atoms with Crippen molar-refractivity contribution in [3.8, 4) is 0 Å². The number of hydrogen-bond donors (Lipinski definition) is 0. The van der Waals surface area contributed by atoms with Gasteiger partial charge in [0, 0.05) is 30.9 Å². The summed E-state index contributed by atoms with van der Waals surface area (Å²) in [4.78, 5) is 2.76. The molecule has 1 saturated carbocycles. The minimum Gasteiger partial charge on any atom is -0.298 e. The summed E-state index contributed by atoms with van der Waals surface area (Å²) in [7, 11) is 0. The molecule has 3 nitrogen and oxygen atoms in total. The lowest BCUT2D eigenvalue weighted by Crippen LogP contribution is -2.41. The Bertz CT molecular complexity index is 404. The van der Waals surface area contributed by atoms with Crippen LogP contribution in [0.3, 0.4) is 0 Å². The molecule has 114 valence electrons. The van der Waals surface area contributed by atoms with Crippen molar-refractivity contribution in [3.63, 3.8) is 0 Å². The standard InChI is InChI=1S/C17H31N3/c1-5-15(3)19(17-9-6-7-10-17)11-8-12-20-16(4)13-14(2)18-20/h13,15,17H,5-12H2,1-4H3/t15-/m0/s1. The second-order valence-electron chi connectivity index (χ2n) is 6.44. The Morgan fingerprint density at radius 2 is 2.05 bits per heavy atom. The maximum Gasteiger partial charge on any atom is 0.0596 e. The van der Waals surface area contributed by atoms with Crippen LogP contribution in [-0.4, -0.2) is 33.3 Å². The van der Waals surface area contributed by atoms with Crippen LogP contribution in [0, 0.1) is 13.8 Å². The molecule has 0 amide bonds. The molecule has 1 heterocycles. The van der Waals surface area contributed by atoms with Crippen LogP contribution in [0.15, 0.2) is 6.07 Å². The van der Waals surface area contributed by atoms with Gasteiger partial charge in [-0.1, -0.05) is 19.8 Å². The SMILES string of the molecule is CC[C@H](C)N(CCCn1nc(C)cc1C)C1CCCC1. The molecule has 1 aliphatic carbocycles. The van der Waals surface area contributed by atoms with Crippen LogP contribution in [0.5, 0.6) is 0 Å². The summed E-state index contributed by atoms with van der Waals surface area (Å²) in [5.74, 6) is 0. The van der Waals surface area contributed by atoms with Crippen LogP contribution < -0.4 is 0 Å². The third kappa shape index (κ3) is 3.85. The molecule has 1 aromatic heterocycles. The van der Waals surface area contributed by atoms with Gasteiger partial charge >= 0.3 is 0 Å². The maximum atomic E-state index is 4.57. The van der Waals surface area contributed by atoms with Crippen LogP contribution in [0.25, 0.3) is 0 Å². The van der Waals surface area contributed by atoms with Gasteiger partial charge in [0.05, 0.1) is 5.69 Å². The highest BCUT2D eigenvalue weighted by Gasteiger charge is 2.25. The van der Waals surface area contributed by atoms with Crippen molar-refractivity contribution in [2.45, 2.75) is 84.8 Å². The van der Waals surface area contributed by atoms with Crippen LogP contribution in [0.4, 0.5) is 0 Å². The monoisotopic (exact) mass is 277 g/mol. The average molecular weight is 277 g/mol. The third-order valence-corrected chi connectivity index (χ3v) is 4.84. The lowest BCUT2D eigenvalue weighted by molar-refractivity contribution is 0.137. The molecule has 2 rings (SSSR count). The number of rotatable bonds is 7. The van der Waals surface area contributed by atoms with Crippen molar-refractivity contribution in [1.29, 1.82) is 0 Å². The molecule has 0 unspecified atom stereocenters. The summed E-state index contributed by atoms with van der Waals surface area (Å²) in [6.45, 7) is 11.2. The Labute approximate surface area is 124 Å². The van der Waals surface area contributed by atoms with Crippen molar-refractivity contribution in [3.05, 3.63) is 17.5 Å². The predicted molar refractivity (Wildman–Crippen MR) is 85.0 cm³/mol. The van der Waals surface area contributed by atoms with Crippen LogP contribution in [0.1, 0.15) is 63.8 Å². The molecule has 0 saturated heterocycles. The van der Waals surface area contributed by atoms with Gasteiger partial charge in [-0.3, -0.25) is 9.58 Å². The fourth-order valence-corrected chi connectivity index (χ4v) is 3.54. The lowest BCUT2D eigenvalue weighted by atomic mass is 10.1. The minimum atomic E-state index is 0.721. The molecule has 0 aliphatic heterocycles. The summed E-state index contributed by atoms with van der Waals surface area (Å²) in [5.41, 5.74) is 2.43. The van der Waals surface area contributed by atoms with E-state index >= 15 is 0 Å². The highest BCUT2D eigenvalue weighted by atomic mass is 15.3. The van der Waals surface area contributed by atoms with Gasteiger partial charge in [-0.2, -0.15) is 5.10 Å². The summed E-state index contributed by atoms with van der Waals surface area (Å²) in [6.07, 6.45) is 8.14. The second-order valence-corrected chi connectivity index (χ2v) is 6.44. The number of aryl methyl sites for hydroxylation is 3. The summed E-state index contributed by atoms with van der Waals surface area (Å²) in [6, 6.07) is 3.73. The zero-order valence-electron chi connectivity index (χ0n) is 13.7. The van der Waals surface area contributed by atoms with Crippen molar-refractivity contribution < 1.29 is 0 Å². The zero-order valence-corrected chi connectivity index (χ0v) is 13.7. The fourth-order valence-electron chi connectivity index (χ4n) is 3.54. The smallest absolute Gasteiger partial charge is 0.0596 e. The Morgan fingerprint density at radius 3 is 2.60 bits per heavy atom. The normalized spacial score (nSPS) is 18.1. The largest absolute Gasteiger partial charge is 0.298 e. The first-order valence-electron chi connectivity index (χ1n) is 8.38. The molecular formula is C17H31N3. The first-order chi connectivity index (χ1) is 9.61. The zero-order chi connectivity index (χ0) is 14.5. The van der Waals surface area contributed by atoms with E-state index in [0.717, 1.165) is 24.3 Å². The molecule has 0 aromatic carbocycles. The van der Waals surface area contributed by atoms with E-state index in [1.165, 1.54) is 50.8 Å². The first kappa shape index (κ1) is 15.6. The molecule has 0 radical (unpaired) electrons.